The zero-order valence-corrected chi connectivity index (χ0v) is 15.1. The molecule has 0 amide bonds. The molecular weight excluding hydrogens is 339 g/mol. The molecule has 3 rings (SSSR count). The number of rotatable bonds is 1. The van der Waals surface area contributed by atoms with Crippen LogP contribution in [0.15, 0.2) is 30.5 Å². The molecule has 0 spiro atoms. The first-order valence-electron chi connectivity index (χ1n) is 6.73. The van der Waals surface area contributed by atoms with E-state index in [4.69, 9.17) is 0 Å². The number of hydrogen-bond donors (Lipinski definition) is 0. The zero-order valence-electron chi connectivity index (χ0n) is 12.3. The van der Waals surface area contributed by atoms with E-state index in [1.54, 1.807) is 3.58 Å². The maximum atomic E-state index is 4.43. The molecule has 0 aliphatic carbocycles. The van der Waals surface area contributed by atoms with Gasteiger partial charge in [-0.25, -0.2) is 0 Å². The number of pyridine rings is 1. The van der Waals surface area contributed by atoms with E-state index < -0.39 is 18.4 Å². The number of aryl methyl sites for hydroxylation is 2. The summed E-state index contributed by atoms with van der Waals surface area (Å²) in [6.45, 7) is 2.06. The summed E-state index contributed by atoms with van der Waals surface area (Å²) in [7, 11) is 2.13. The van der Waals surface area contributed by atoms with Crippen molar-refractivity contribution in [2.45, 2.75) is 21.7 Å². The molecule has 0 aliphatic rings. The molecule has 0 radical (unpaired) electrons. The second-order valence-electron chi connectivity index (χ2n) is 6.38. The van der Waals surface area contributed by atoms with Gasteiger partial charge >= 0.3 is 118 Å². The van der Waals surface area contributed by atoms with Gasteiger partial charge in [0, 0.05) is 0 Å². The topological polar surface area (TPSA) is 17.8 Å². The van der Waals surface area contributed by atoms with Crippen molar-refractivity contribution in [3.05, 3.63) is 36.2 Å². The Balaban J connectivity index is 2.44. The molecule has 2 heterocycles. The van der Waals surface area contributed by atoms with Crippen LogP contribution in [0.5, 0.6) is 0 Å². The van der Waals surface area contributed by atoms with Gasteiger partial charge in [0.15, 0.2) is 0 Å². The minimum atomic E-state index is -2.01. The fraction of sp³-hybridized carbons (Fsp3) is 0.312. The van der Waals surface area contributed by atoms with E-state index in [-0.39, 0.29) is 0 Å². The summed E-state index contributed by atoms with van der Waals surface area (Å²) in [6.07, 6.45) is 1.99. The van der Waals surface area contributed by atoms with Gasteiger partial charge in [-0.15, -0.1) is 0 Å². The first-order valence-corrected chi connectivity index (χ1v) is 16.7. The summed E-state index contributed by atoms with van der Waals surface area (Å²) in [6, 6.07) is 9.24. The average molecular weight is 359 g/mol. The van der Waals surface area contributed by atoms with Crippen molar-refractivity contribution in [2.24, 2.45) is 7.05 Å². The molecule has 0 bridgehead atoms. The molecule has 1 aromatic carbocycles. The fourth-order valence-electron chi connectivity index (χ4n) is 2.68. The van der Waals surface area contributed by atoms with E-state index in [2.05, 4.69) is 62.6 Å². The van der Waals surface area contributed by atoms with Gasteiger partial charge in [0.05, 0.1) is 0 Å². The van der Waals surface area contributed by atoms with Crippen molar-refractivity contribution in [1.29, 1.82) is 0 Å². The fourth-order valence-corrected chi connectivity index (χ4v) is 5.99. The Hall–Kier alpha value is -1.03. The summed E-state index contributed by atoms with van der Waals surface area (Å²) in [5.41, 5.74) is 3.62. The van der Waals surface area contributed by atoms with E-state index in [9.17, 15) is 0 Å². The molecule has 2 aromatic heterocycles. The van der Waals surface area contributed by atoms with Crippen LogP contribution in [-0.4, -0.2) is 27.9 Å². The SMILES string of the molecule is Cc1cc2c3c[c]([Sn]([CH3])([CH3])[CH3])ccc3n(C)c2cn1. The molecule has 0 atom stereocenters. The first-order chi connectivity index (χ1) is 8.88. The van der Waals surface area contributed by atoms with Gasteiger partial charge in [-0.3, -0.25) is 0 Å². The molecule has 0 fully saturated rings. The number of fused-ring (bicyclic) bond motifs is 3. The quantitative estimate of drug-likeness (QED) is 0.608. The van der Waals surface area contributed by atoms with Crippen LogP contribution in [-0.2, 0) is 7.05 Å². The van der Waals surface area contributed by atoms with Gasteiger partial charge in [0.25, 0.3) is 0 Å². The van der Waals surface area contributed by atoms with E-state index >= 15 is 0 Å². The van der Waals surface area contributed by atoms with Crippen molar-refractivity contribution in [3.63, 3.8) is 0 Å². The van der Waals surface area contributed by atoms with E-state index in [1.165, 1.54) is 21.8 Å². The van der Waals surface area contributed by atoms with Gasteiger partial charge in [-0.05, 0) is 0 Å². The summed E-state index contributed by atoms with van der Waals surface area (Å²) in [5, 5.41) is 2.72. The number of aromatic nitrogens is 2. The van der Waals surface area contributed by atoms with Crippen molar-refractivity contribution >= 4 is 43.8 Å². The monoisotopic (exact) mass is 360 g/mol. The van der Waals surface area contributed by atoms with Gasteiger partial charge in [0.1, 0.15) is 0 Å². The second-order valence-corrected chi connectivity index (χ2v) is 20.9. The first kappa shape index (κ1) is 13.0. The third-order valence-corrected chi connectivity index (χ3v) is 9.73. The standard InChI is InChI=1S/C13H11N2.3CH3.Sn/c1-9-7-11-10-5-3-4-6-12(10)15(2)13(11)8-14-9;;;;/h4-8H,1-2H3;3*1H3;. The van der Waals surface area contributed by atoms with E-state index in [0.717, 1.165) is 5.69 Å². The van der Waals surface area contributed by atoms with Crippen LogP contribution < -0.4 is 3.58 Å². The molecular formula is C16H20N2Sn. The van der Waals surface area contributed by atoms with Crippen molar-refractivity contribution < 1.29 is 0 Å². The Morgan fingerprint density at radius 2 is 1.68 bits per heavy atom. The third kappa shape index (κ3) is 2.06. The number of hydrogen-bond acceptors (Lipinski definition) is 1. The molecule has 3 aromatic rings. The molecule has 0 aliphatic heterocycles. The van der Waals surface area contributed by atoms with Crippen LogP contribution in [0, 0.1) is 6.92 Å². The molecule has 0 unspecified atom stereocenters. The molecule has 98 valence electrons. The predicted molar refractivity (Wildman–Crippen MR) is 85.9 cm³/mol. The third-order valence-electron chi connectivity index (χ3n) is 3.90. The van der Waals surface area contributed by atoms with Crippen LogP contribution in [0.4, 0.5) is 0 Å². The van der Waals surface area contributed by atoms with Crippen LogP contribution in [0.25, 0.3) is 21.8 Å². The maximum absolute atomic E-state index is 4.43. The van der Waals surface area contributed by atoms with E-state index in [0.29, 0.717) is 0 Å². The van der Waals surface area contributed by atoms with Gasteiger partial charge < -0.3 is 0 Å². The normalized spacial score (nSPS) is 12.5. The van der Waals surface area contributed by atoms with Gasteiger partial charge in [0.2, 0.25) is 0 Å². The number of benzene rings is 1. The molecule has 2 nitrogen and oxygen atoms in total. The summed E-state index contributed by atoms with van der Waals surface area (Å²) < 4.78 is 3.84. The Labute approximate surface area is 118 Å². The van der Waals surface area contributed by atoms with Crippen LogP contribution in [0.1, 0.15) is 5.69 Å². The summed E-state index contributed by atoms with van der Waals surface area (Å²) in [4.78, 5) is 11.8. The second kappa shape index (κ2) is 4.23. The van der Waals surface area contributed by atoms with Crippen molar-refractivity contribution in [1.82, 2.24) is 9.55 Å². The van der Waals surface area contributed by atoms with Crippen LogP contribution in [0.3, 0.4) is 0 Å². The number of nitrogens with zero attached hydrogens (tertiary/aromatic N) is 2. The van der Waals surface area contributed by atoms with Crippen molar-refractivity contribution in [2.75, 3.05) is 0 Å². The molecule has 19 heavy (non-hydrogen) atoms. The molecule has 0 N–H and O–H groups in total. The Morgan fingerprint density at radius 1 is 1.00 bits per heavy atom. The summed E-state index contributed by atoms with van der Waals surface area (Å²) in [5.74, 6) is 0. The zero-order chi connectivity index (χ0) is 13.8. The average Bonchev–Trinajstić information content (AvgIpc) is 2.61. The van der Waals surface area contributed by atoms with Crippen molar-refractivity contribution in [3.8, 4) is 0 Å². The van der Waals surface area contributed by atoms with Gasteiger partial charge in [-0.1, -0.05) is 0 Å². The Morgan fingerprint density at radius 3 is 2.37 bits per heavy atom. The minimum absolute atomic E-state index is 1.09. The van der Waals surface area contributed by atoms with E-state index in [1.807, 2.05) is 6.20 Å². The van der Waals surface area contributed by atoms with Crippen LogP contribution in [0.2, 0.25) is 14.8 Å². The molecule has 0 saturated carbocycles. The Kier molecular flexibility index (Phi) is 2.89. The molecule has 3 heteroatoms. The van der Waals surface area contributed by atoms with Gasteiger partial charge in [-0.2, -0.15) is 0 Å². The van der Waals surface area contributed by atoms with Crippen LogP contribution >= 0.6 is 0 Å². The Bertz CT molecular complexity index is 779. The predicted octanol–water partition coefficient (Wildman–Crippen LogP) is 3.58. The summed E-state index contributed by atoms with van der Waals surface area (Å²) >= 11 is -2.01. The molecule has 0 saturated heterocycles.